The average Bonchev–Trinajstić information content (AvgIpc) is 2.84. The normalized spacial score (nSPS) is 16.9. The Labute approximate surface area is 200 Å². The molecule has 2 aromatic rings. The summed E-state index contributed by atoms with van der Waals surface area (Å²) in [6.45, 7) is 5.91. The highest BCUT2D eigenvalue weighted by molar-refractivity contribution is 5.87. The standard InChI is InChI=1S/C26H34N4O4/c1-18(26(34)28-17-24(31)27-14-6-11-25(32)33)29-21-12-15-30(16-13-21)19(2)22-10-5-8-20-7-3-4-9-23(20)22/h3-11,18-19,21,29H,12-17H2,1-2H3,(H,27,31)(H,28,34)(H,32,33)/b11-6+. The predicted molar refractivity (Wildman–Crippen MR) is 132 cm³/mol. The molecule has 1 aliphatic heterocycles. The van der Waals surface area contributed by atoms with Crippen molar-refractivity contribution in [2.24, 2.45) is 0 Å². The molecular weight excluding hydrogens is 432 g/mol. The van der Waals surface area contributed by atoms with E-state index in [1.807, 2.05) is 0 Å². The van der Waals surface area contributed by atoms with Crippen LogP contribution in [0, 0.1) is 0 Å². The Hall–Kier alpha value is -3.23. The van der Waals surface area contributed by atoms with Gasteiger partial charge in [0.15, 0.2) is 0 Å². The highest BCUT2D eigenvalue weighted by Gasteiger charge is 2.26. The molecule has 2 atom stereocenters. The first-order valence-electron chi connectivity index (χ1n) is 11.8. The number of rotatable bonds is 10. The van der Waals surface area contributed by atoms with Crippen LogP contribution in [0.1, 0.15) is 38.3 Å². The lowest BCUT2D eigenvalue weighted by molar-refractivity contribution is -0.131. The maximum atomic E-state index is 12.4. The van der Waals surface area contributed by atoms with Crippen LogP contribution in [0.4, 0.5) is 0 Å². The maximum absolute atomic E-state index is 12.4. The van der Waals surface area contributed by atoms with Gasteiger partial charge in [0, 0.05) is 37.8 Å². The summed E-state index contributed by atoms with van der Waals surface area (Å²) >= 11 is 0. The molecule has 1 fully saturated rings. The molecule has 0 aromatic heterocycles. The monoisotopic (exact) mass is 466 g/mol. The van der Waals surface area contributed by atoms with E-state index in [0.29, 0.717) is 6.04 Å². The quantitative estimate of drug-likeness (QED) is 0.400. The molecule has 2 unspecified atom stereocenters. The van der Waals surface area contributed by atoms with Crippen LogP contribution < -0.4 is 16.0 Å². The number of carbonyl (C=O) groups is 3. The number of piperidine rings is 1. The largest absolute Gasteiger partial charge is 0.478 e. The van der Waals surface area contributed by atoms with Crippen LogP contribution in [0.15, 0.2) is 54.6 Å². The molecule has 1 saturated heterocycles. The van der Waals surface area contributed by atoms with E-state index in [1.165, 1.54) is 22.4 Å². The molecule has 0 radical (unpaired) electrons. The average molecular weight is 467 g/mol. The zero-order chi connectivity index (χ0) is 24.5. The fraction of sp³-hybridized carbons (Fsp3) is 0.423. The van der Waals surface area contributed by atoms with Gasteiger partial charge >= 0.3 is 5.97 Å². The number of nitrogens with zero attached hydrogens (tertiary/aromatic N) is 1. The van der Waals surface area contributed by atoms with Gasteiger partial charge in [0.25, 0.3) is 0 Å². The topological polar surface area (TPSA) is 111 Å². The number of hydrogen-bond acceptors (Lipinski definition) is 5. The predicted octanol–water partition coefficient (Wildman–Crippen LogP) is 2.22. The number of nitrogens with one attached hydrogen (secondary N) is 3. The zero-order valence-electron chi connectivity index (χ0n) is 19.8. The molecule has 8 heteroatoms. The van der Waals surface area contributed by atoms with E-state index in [2.05, 4.69) is 70.2 Å². The first-order valence-corrected chi connectivity index (χ1v) is 11.8. The number of hydrogen-bond donors (Lipinski definition) is 4. The van der Waals surface area contributed by atoms with Crippen molar-refractivity contribution in [1.29, 1.82) is 0 Å². The number of carboxylic acid groups (broad SMARTS) is 1. The molecular formula is C26H34N4O4. The number of carbonyl (C=O) groups excluding carboxylic acids is 2. The van der Waals surface area contributed by atoms with Gasteiger partial charge in [0.2, 0.25) is 11.8 Å². The second kappa shape index (κ2) is 12.3. The minimum absolute atomic E-state index is 0.102. The van der Waals surface area contributed by atoms with Gasteiger partial charge in [-0.05, 0) is 43.0 Å². The SMILES string of the molecule is CC(NC1CCN(C(C)c2cccc3ccccc23)CC1)C(=O)NCC(=O)NC/C=C/C(=O)O. The molecule has 4 N–H and O–H groups in total. The summed E-state index contributed by atoms with van der Waals surface area (Å²) in [7, 11) is 0. The van der Waals surface area contributed by atoms with E-state index >= 15 is 0 Å². The van der Waals surface area contributed by atoms with Crippen LogP contribution in [0.3, 0.4) is 0 Å². The van der Waals surface area contributed by atoms with Crippen molar-refractivity contribution in [3.63, 3.8) is 0 Å². The third kappa shape index (κ3) is 7.13. The van der Waals surface area contributed by atoms with Crippen molar-refractivity contribution in [2.45, 2.75) is 44.8 Å². The number of carboxylic acids is 1. The lowest BCUT2D eigenvalue weighted by atomic mass is 9.96. The number of likely N-dealkylation sites (tertiary alicyclic amines) is 1. The Morgan fingerprint density at radius 2 is 1.76 bits per heavy atom. The number of amides is 2. The molecule has 8 nitrogen and oxygen atoms in total. The molecule has 2 aromatic carbocycles. The molecule has 2 amide bonds. The second-order valence-electron chi connectivity index (χ2n) is 8.71. The second-order valence-corrected chi connectivity index (χ2v) is 8.71. The lowest BCUT2D eigenvalue weighted by Gasteiger charge is -2.37. The van der Waals surface area contributed by atoms with E-state index in [9.17, 15) is 14.4 Å². The van der Waals surface area contributed by atoms with Crippen LogP contribution in [0.5, 0.6) is 0 Å². The Morgan fingerprint density at radius 1 is 1.06 bits per heavy atom. The molecule has 182 valence electrons. The molecule has 1 heterocycles. The van der Waals surface area contributed by atoms with Gasteiger partial charge in [-0.25, -0.2) is 4.79 Å². The van der Waals surface area contributed by atoms with E-state index in [1.54, 1.807) is 6.92 Å². The van der Waals surface area contributed by atoms with Crippen molar-refractivity contribution >= 4 is 28.6 Å². The fourth-order valence-electron chi connectivity index (χ4n) is 4.41. The van der Waals surface area contributed by atoms with Crippen molar-refractivity contribution in [2.75, 3.05) is 26.2 Å². The van der Waals surface area contributed by atoms with Crippen LogP contribution in [0.25, 0.3) is 10.8 Å². The van der Waals surface area contributed by atoms with Crippen LogP contribution in [0.2, 0.25) is 0 Å². The zero-order valence-corrected chi connectivity index (χ0v) is 19.8. The maximum Gasteiger partial charge on any atom is 0.328 e. The van der Waals surface area contributed by atoms with Crippen LogP contribution in [-0.2, 0) is 14.4 Å². The van der Waals surface area contributed by atoms with E-state index in [4.69, 9.17) is 5.11 Å². The van der Waals surface area contributed by atoms with E-state index < -0.39 is 12.0 Å². The Morgan fingerprint density at radius 3 is 2.50 bits per heavy atom. The third-order valence-corrected chi connectivity index (χ3v) is 6.33. The van der Waals surface area contributed by atoms with Gasteiger partial charge in [0.1, 0.15) is 0 Å². The molecule has 1 aliphatic rings. The summed E-state index contributed by atoms with van der Waals surface area (Å²) in [5.41, 5.74) is 1.34. The summed E-state index contributed by atoms with van der Waals surface area (Å²) in [5.74, 6) is -1.68. The Balaban J connectivity index is 1.41. The van der Waals surface area contributed by atoms with Gasteiger partial charge < -0.3 is 21.1 Å². The van der Waals surface area contributed by atoms with Crippen molar-refractivity contribution in [3.05, 3.63) is 60.2 Å². The minimum atomic E-state index is -1.07. The van der Waals surface area contributed by atoms with Crippen molar-refractivity contribution < 1.29 is 19.5 Å². The summed E-state index contributed by atoms with van der Waals surface area (Å²) in [6, 6.07) is 15.1. The number of aliphatic carboxylic acids is 1. The van der Waals surface area contributed by atoms with Gasteiger partial charge in [-0.3, -0.25) is 14.5 Å². The molecule has 0 saturated carbocycles. The highest BCUT2D eigenvalue weighted by atomic mass is 16.4. The Bertz CT molecular complexity index is 1030. The van der Waals surface area contributed by atoms with E-state index in [0.717, 1.165) is 32.0 Å². The summed E-state index contributed by atoms with van der Waals surface area (Å²) in [4.78, 5) is 37.0. The fourth-order valence-corrected chi connectivity index (χ4v) is 4.41. The number of fused-ring (bicyclic) bond motifs is 1. The molecule has 3 rings (SSSR count). The summed E-state index contributed by atoms with van der Waals surface area (Å²) < 4.78 is 0. The van der Waals surface area contributed by atoms with Crippen LogP contribution >= 0.6 is 0 Å². The molecule has 0 spiro atoms. The molecule has 0 bridgehead atoms. The van der Waals surface area contributed by atoms with Crippen molar-refractivity contribution in [1.82, 2.24) is 20.9 Å². The van der Waals surface area contributed by atoms with Crippen LogP contribution in [-0.4, -0.2) is 66.1 Å². The minimum Gasteiger partial charge on any atom is -0.478 e. The lowest BCUT2D eigenvalue weighted by Crippen LogP contribution is -2.51. The molecule has 34 heavy (non-hydrogen) atoms. The number of benzene rings is 2. The van der Waals surface area contributed by atoms with E-state index in [-0.39, 0.29) is 30.9 Å². The smallest absolute Gasteiger partial charge is 0.328 e. The summed E-state index contributed by atoms with van der Waals surface area (Å²) in [5, 5.41) is 19.6. The van der Waals surface area contributed by atoms with Gasteiger partial charge in [-0.15, -0.1) is 0 Å². The Kier molecular flexibility index (Phi) is 9.18. The van der Waals surface area contributed by atoms with Gasteiger partial charge in [-0.2, -0.15) is 0 Å². The summed E-state index contributed by atoms with van der Waals surface area (Å²) in [6.07, 6.45) is 4.19. The van der Waals surface area contributed by atoms with Crippen molar-refractivity contribution in [3.8, 4) is 0 Å². The van der Waals surface area contributed by atoms with Gasteiger partial charge in [0.05, 0.1) is 12.6 Å². The highest BCUT2D eigenvalue weighted by Crippen LogP contribution is 2.30. The molecule has 0 aliphatic carbocycles. The van der Waals surface area contributed by atoms with Gasteiger partial charge in [-0.1, -0.05) is 48.5 Å². The first kappa shape index (κ1) is 25.4. The third-order valence-electron chi connectivity index (χ3n) is 6.33. The first-order chi connectivity index (χ1) is 16.3.